The van der Waals surface area contributed by atoms with Crippen molar-refractivity contribution in [2.75, 3.05) is 13.1 Å². The number of rotatable bonds is 4. The second-order valence-electron chi connectivity index (χ2n) is 6.20. The highest BCUT2D eigenvalue weighted by atomic mass is 16.6. The minimum atomic E-state index is 0.537. The lowest BCUT2D eigenvalue weighted by Gasteiger charge is -2.37. The summed E-state index contributed by atoms with van der Waals surface area (Å²) in [4.78, 5) is 8.27. The Labute approximate surface area is 128 Å². The quantitative estimate of drug-likeness (QED) is 0.782. The van der Waals surface area contributed by atoms with Crippen LogP contribution >= 0.6 is 0 Å². The molecule has 1 atom stereocenters. The van der Waals surface area contributed by atoms with E-state index in [0.717, 1.165) is 6.42 Å². The van der Waals surface area contributed by atoms with Crippen molar-refractivity contribution >= 4 is 5.71 Å². The standard InChI is InChI=1S/C18H26N2O/c1-3-9-16(10-4-1)15-21-19-17-11-5-6-12-18(17)20-13-7-2-8-14-20/h1,3-4,9-10,18H,2,5-8,11-15H2. The van der Waals surface area contributed by atoms with Crippen molar-refractivity contribution < 1.29 is 4.84 Å². The van der Waals surface area contributed by atoms with Crippen molar-refractivity contribution in [3.63, 3.8) is 0 Å². The molecule has 1 saturated heterocycles. The summed E-state index contributed by atoms with van der Waals surface area (Å²) < 4.78 is 0. The summed E-state index contributed by atoms with van der Waals surface area (Å²) in [5.41, 5.74) is 2.46. The number of benzene rings is 1. The maximum atomic E-state index is 5.64. The van der Waals surface area contributed by atoms with Gasteiger partial charge in [-0.05, 0) is 50.8 Å². The normalized spacial score (nSPS) is 25.9. The molecule has 3 heteroatoms. The number of oxime groups is 1. The molecule has 21 heavy (non-hydrogen) atoms. The number of hydrogen-bond acceptors (Lipinski definition) is 3. The molecule has 114 valence electrons. The predicted octanol–water partition coefficient (Wildman–Crippen LogP) is 3.99. The van der Waals surface area contributed by atoms with E-state index in [1.165, 1.54) is 62.9 Å². The smallest absolute Gasteiger partial charge is 0.142 e. The lowest BCUT2D eigenvalue weighted by atomic mass is 9.91. The fourth-order valence-corrected chi connectivity index (χ4v) is 3.47. The molecule has 2 fully saturated rings. The second-order valence-corrected chi connectivity index (χ2v) is 6.20. The lowest BCUT2D eigenvalue weighted by Crippen LogP contribution is -2.45. The monoisotopic (exact) mass is 286 g/mol. The van der Waals surface area contributed by atoms with Crippen LogP contribution in [0.4, 0.5) is 0 Å². The van der Waals surface area contributed by atoms with Gasteiger partial charge < -0.3 is 4.84 Å². The van der Waals surface area contributed by atoms with Gasteiger partial charge in [0.1, 0.15) is 6.61 Å². The molecule has 0 aromatic heterocycles. The SMILES string of the molecule is c1ccc(CON=C2CCCCC2N2CCCCC2)cc1. The molecular weight excluding hydrogens is 260 g/mol. The highest BCUT2D eigenvalue weighted by Crippen LogP contribution is 2.24. The van der Waals surface area contributed by atoms with Gasteiger partial charge in [0, 0.05) is 0 Å². The van der Waals surface area contributed by atoms with E-state index >= 15 is 0 Å². The maximum absolute atomic E-state index is 5.64. The van der Waals surface area contributed by atoms with E-state index in [1.807, 2.05) is 18.2 Å². The molecule has 3 rings (SSSR count). The highest BCUT2D eigenvalue weighted by molar-refractivity contribution is 5.89. The van der Waals surface area contributed by atoms with Crippen LogP contribution in [0.25, 0.3) is 0 Å². The molecule has 3 nitrogen and oxygen atoms in total. The van der Waals surface area contributed by atoms with Gasteiger partial charge in [0.05, 0.1) is 11.8 Å². The zero-order chi connectivity index (χ0) is 14.3. The van der Waals surface area contributed by atoms with Crippen LogP contribution in [0, 0.1) is 0 Å². The van der Waals surface area contributed by atoms with E-state index < -0.39 is 0 Å². The predicted molar refractivity (Wildman–Crippen MR) is 86.3 cm³/mol. The second kappa shape index (κ2) is 7.60. The molecule has 1 unspecified atom stereocenters. The number of nitrogens with zero attached hydrogens (tertiary/aromatic N) is 2. The minimum Gasteiger partial charge on any atom is -0.391 e. The van der Waals surface area contributed by atoms with Crippen LogP contribution in [0.1, 0.15) is 50.5 Å². The van der Waals surface area contributed by atoms with Crippen LogP contribution in [-0.2, 0) is 11.4 Å². The summed E-state index contributed by atoms with van der Waals surface area (Å²) in [6.07, 6.45) is 9.03. The van der Waals surface area contributed by atoms with Gasteiger partial charge >= 0.3 is 0 Å². The van der Waals surface area contributed by atoms with Crippen LogP contribution in [0.2, 0.25) is 0 Å². The average Bonchev–Trinajstić information content (AvgIpc) is 2.57. The molecule has 0 bridgehead atoms. The van der Waals surface area contributed by atoms with Crippen LogP contribution in [-0.4, -0.2) is 29.7 Å². The van der Waals surface area contributed by atoms with E-state index in [1.54, 1.807) is 0 Å². The van der Waals surface area contributed by atoms with E-state index in [2.05, 4.69) is 22.2 Å². The lowest BCUT2D eigenvalue weighted by molar-refractivity contribution is 0.121. The van der Waals surface area contributed by atoms with E-state index in [-0.39, 0.29) is 0 Å². The van der Waals surface area contributed by atoms with Gasteiger partial charge in [-0.15, -0.1) is 0 Å². The minimum absolute atomic E-state index is 0.537. The van der Waals surface area contributed by atoms with Crippen LogP contribution in [0.5, 0.6) is 0 Å². The van der Waals surface area contributed by atoms with Crippen molar-refractivity contribution in [1.29, 1.82) is 0 Å². The van der Waals surface area contributed by atoms with E-state index in [4.69, 9.17) is 4.84 Å². The molecular formula is C18H26N2O. The first-order chi connectivity index (χ1) is 10.4. The summed E-state index contributed by atoms with van der Waals surface area (Å²) >= 11 is 0. The van der Waals surface area contributed by atoms with Crippen molar-refractivity contribution in [3.05, 3.63) is 35.9 Å². The number of piperidine rings is 1. The Balaban J connectivity index is 1.59. The van der Waals surface area contributed by atoms with Gasteiger partial charge in [0.25, 0.3) is 0 Å². The Bertz CT molecular complexity index is 452. The van der Waals surface area contributed by atoms with Crippen molar-refractivity contribution in [3.8, 4) is 0 Å². The van der Waals surface area contributed by atoms with Crippen molar-refractivity contribution in [2.45, 2.75) is 57.6 Å². The van der Waals surface area contributed by atoms with Gasteiger partial charge in [-0.2, -0.15) is 0 Å². The van der Waals surface area contributed by atoms with E-state index in [0.29, 0.717) is 12.6 Å². The molecule has 0 amide bonds. The Hall–Kier alpha value is -1.35. The number of hydrogen-bond donors (Lipinski definition) is 0. The van der Waals surface area contributed by atoms with Gasteiger partial charge in [0.15, 0.2) is 0 Å². The van der Waals surface area contributed by atoms with Gasteiger partial charge in [-0.1, -0.05) is 48.3 Å². The van der Waals surface area contributed by atoms with Crippen molar-refractivity contribution in [1.82, 2.24) is 4.90 Å². The molecule has 1 saturated carbocycles. The zero-order valence-electron chi connectivity index (χ0n) is 12.8. The fourth-order valence-electron chi connectivity index (χ4n) is 3.47. The van der Waals surface area contributed by atoms with Gasteiger partial charge in [-0.3, -0.25) is 4.90 Å². The van der Waals surface area contributed by atoms with Crippen LogP contribution in [0.3, 0.4) is 0 Å². The van der Waals surface area contributed by atoms with Gasteiger partial charge in [0.2, 0.25) is 0 Å². The van der Waals surface area contributed by atoms with Crippen molar-refractivity contribution in [2.24, 2.45) is 5.16 Å². The average molecular weight is 286 g/mol. The molecule has 0 spiro atoms. The Kier molecular flexibility index (Phi) is 5.28. The maximum Gasteiger partial charge on any atom is 0.142 e. The topological polar surface area (TPSA) is 24.8 Å². The summed E-state index contributed by atoms with van der Waals surface area (Å²) in [5.74, 6) is 0. The summed E-state index contributed by atoms with van der Waals surface area (Å²) in [7, 11) is 0. The molecule has 0 N–H and O–H groups in total. The molecule has 1 heterocycles. The molecule has 1 aromatic carbocycles. The Morgan fingerprint density at radius 2 is 1.81 bits per heavy atom. The Morgan fingerprint density at radius 1 is 1.00 bits per heavy atom. The largest absolute Gasteiger partial charge is 0.391 e. The fraction of sp³-hybridized carbons (Fsp3) is 0.611. The third-order valence-corrected chi connectivity index (χ3v) is 4.63. The van der Waals surface area contributed by atoms with E-state index in [9.17, 15) is 0 Å². The first kappa shape index (κ1) is 14.6. The molecule has 1 aliphatic heterocycles. The Morgan fingerprint density at radius 3 is 2.62 bits per heavy atom. The van der Waals surface area contributed by atoms with Gasteiger partial charge in [-0.25, -0.2) is 0 Å². The molecule has 2 aliphatic rings. The molecule has 1 aromatic rings. The third kappa shape index (κ3) is 4.07. The van der Waals surface area contributed by atoms with Crippen LogP contribution in [0.15, 0.2) is 35.5 Å². The third-order valence-electron chi connectivity index (χ3n) is 4.63. The first-order valence-electron chi connectivity index (χ1n) is 8.40. The number of likely N-dealkylation sites (tertiary alicyclic amines) is 1. The zero-order valence-corrected chi connectivity index (χ0v) is 12.8. The summed E-state index contributed by atoms with van der Waals surface area (Å²) in [5, 5.41) is 4.51. The first-order valence-corrected chi connectivity index (χ1v) is 8.40. The molecule has 1 aliphatic carbocycles. The molecule has 0 radical (unpaired) electrons. The summed E-state index contributed by atoms with van der Waals surface area (Å²) in [6.45, 7) is 3.06. The summed E-state index contributed by atoms with van der Waals surface area (Å²) in [6, 6.07) is 10.8. The van der Waals surface area contributed by atoms with Crippen LogP contribution < -0.4 is 0 Å². The highest BCUT2D eigenvalue weighted by Gasteiger charge is 2.28.